The molecule has 0 unspecified atom stereocenters. The van der Waals surface area contributed by atoms with Gasteiger partial charge in [-0.2, -0.15) is 0 Å². The topological polar surface area (TPSA) is 70.2 Å². The molecule has 6 heteroatoms. The van der Waals surface area contributed by atoms with E-state index in [0.29, 0.717) is 18.1 Å². The largest absolute Gasteiger partial charge is 0.369 e. The quantitative estimate of drug-likeness (QED) is 0.815. The summed E-state index contributed by atoms with van der Waals surface area (Å²) in [7, 11) is 0. The van der Waals surface area contributed by atoms with Crippen molar-refractivity contribution in [2.75, 3.05) is 38.0 Å². The van der Waals surface area contributed by atoms with Gasteiger partial charge in [-0.25, -0.2) is 0 Å². The van der Waals surface area contributed by atoms with Gasteiger partial charge >= 0.3 is 0 Å². The zero-order chi connectivity index (χ0) is 14.2. The molecule has 1 saturated heterocycles. The van der Waals surface area contributed by atoms with Crippen LogP contribution in [0.25, 0.3) is 0 Å². The van der Waals surface area contributed by atoms with E-state index in [1.165, 1.54) is 19.3 Å². The molecule has 1 aliphatic rings. The van der Waals surface area contributed by atoms with Crippen molar-refractivity contribution in [2.45, 2.75) is 26.2 Å². The fraction of sp³-hybridized carbons (Fsp3) is 0.643. The fourth-order valence-electron chi connectivity index (χ4n) is 2.33. The predicted molar refractivity (Wildman–Crippen MR) is 78.8 cm³/mol. The smallest absolute Gasteiger partial charge is 0.271 e. The van der Waals surface area contributed by atoms with Crippen molar-refractivity contribution in [1.29, 1.82) is 0 Å². The summed E-state index contributed by atoms with van der Waals surface area (Å²) in [5.74, 6) is 0.537. The van der Waals surface area contributed by atoms with E-state index < -0.39 is 0 Å². The molecule has 1 aromatic rings. The third-order valence-corrected chi connectivity index (χ3v) is 3.42. The van der Waals surface area contributed by atoms with Crippen LogP contribution in [-0.4, -0.2) is 53.7 Å². The van der Waals surface area contributed by atoms with Crippen LogP contribution >= 0.6 is 0 Å². The number of carbonyl (C=O) groups excluding carboxylic acids is 1. The highest BCUT2D eigenvalue weighted by Crippen LogP contribution is 2.07. The van der Waals surface area contributed by atoms with Crippen LogP contribution < -0.4 is 10.6 Å². The zero-order valence-corrected chi connectivity index (χ0v) is 12.1. The van der Waals surface area contributed by atoms with Crippen LogP contribution in [-0.2, 0) is 0 Å². The Kier molecular flexibility index (Phi) is 5.73. The van der Waals surface area contributed by atoms with E-state index in [2.05, 4.69) is 25.7 Å². The lowest BCUT2D eigenvalue weighted by molar-refractivity contribution is 0.0940. The molecule has 110 valence electrons. The van der Waals surface area contributed by atoms with E-state index in [4.69, 9.17) is 0 Å². The molecule has 20 heavy (non-hydrogen) atoms. The minimum atomic E-state index is -0.155. The third kappa shape index (κ3) is 4.45. The first-order chi connectivity index (χ1) is 9.79. The number of amides is 1. The molecule has 0 atom stereocenters. The molecule has 1 aliphatic heterocycles. The Bertz CT molecular complexity index is 414. The number of nitrogens with one attached hydrogen (secondary N) is 2. The number of hydrogen-bond donors (Lipinski definition) is 2. The number of rotatable bonds is 6. The molecule has 0 radical (unpaired) electrons. The molecule has 0 bridgehead atoms. The molecule has 2 rings (SSSR count). The third-order valence-electron chi connectivity index (χ3n) is 3.42. The van der Waals surface area contributed by atoms with Gasteiger partial charge in [-0.05, 0) is 45.0 Å². The van der Waals surface area contributed by atoms with Crippen LogP contribution in [0.2, 0.25) is 0 Å². The molecule has 0 saturated carbocycles. The van der Waals surface area contributed by atoms with Crippen molar-refractivity contribution in [3.05, 3.63) is 17.8 Å². The summed E-state index contributed by atoms with van der Waals surface area (Å²) in [5.41, 5.74) is 0.366. The van der Waals surface area contributed by atoms with Gasteiger partial charge in [0.25, 0.3) is 5.91 Å². The Morgan fingerprint density at radius 1 is 1.25 bits per heavy atom. The van der Waals surface area contributed by atoms with Gasteiger partial charge in [-0.1, -0.05) is 6.42 Å². The molecule has 0 aliphatic carbocycles. The summed E-state index contributed by atoms with van der Waals surface area (Å²) >= 11 is 0. The number of nitrogens with zero attached hydrogens (tertiary/aromatic N) is 3. The first-order valence-electron chi connectivity index (χ1n) is 7.37. The maximum atomic E-state index is 11.9. The number of aromatic nitrogens is 2. The Morgan fingerprint density at radius 2 is 2.05 bits per heavy atom. The Labute approximate surface area is 120 Å². The van der Waals surface area contributed by atoms with Crippen LogP contribution in [0.15, 0.2) is 12.1 Å². The van der Waals surface area contributed by atoms with Crippen molar-refractivity contribution in [3.63, 3.8) is 0 Å². The second kappa shape index (κ2) is 7.79. The fourth-order valence-corrected chi connectivity index (χ4v) is 2.33. The van der Waals surface area contributed by atoms with Crippen molar-refractivity contribution < 1.29 is 4.79 Å². The Balaban J connectivity index is 1.73. The number of likely N-dealkylation sites (tertiary alicyclic amines) is 1. The van der Waals surface area contributed by atoms with Gasteiger partial charge in [0.15, 0.2) is 5.69 Å². The summed E-state index contributed by atoms with van der Waals surface area (Å²) in [4.78, 5) is 14.3. The van der Waals surface area contributed by atoms with E-state index in [1.54, 1.807) is 12.1 Å². The number of hydrogen-bond acceptors (Lipinski definition) is 5. The predicted octanol–water partition coefficient (Wildman–Crippen LogP) is 1.12. The number of piperidine rings is 1. The maximum absolute atomic E-state index is 11.9. The first-order valence-corrected chi connectivity index (χ1v) is 7.37. The summed E-state index contributed by atoms with van der Waals surface area (Å²) < 4.78 is 0. The second-order valence-corrected chi connectivity index (χ2v) is 4.99. The molecule has 1 amide bonds. The van der Waals surface area contributed by atoms with Crippen LogP contribution in [0, 0.1) is 0 Å². The average Bonchev–Trinajstić information content (AvgIpc) is 2.49. The minimum Gasteiger partial charge on any atom is -0.369 e. The highest BCUT2D eigenvalue weighted by Gasteiger charge is 2.11. The van der Waals surface area contributed by atoms with E-state index >= 15 is 0 Å². The molecular formula is C14H23N5O. The highest BCUT2D eigenvalue weighted by atomic mass is 16.1. The second-order valence-electron chi connectivity index (χ2n) is 4.99. The van der Waals surface area contributed by atoms with Crippen LogP contribution in [0.4, 0.5) is 5.82 Å². The lowest BCUT2D eigenvalue weighted by Gasteiger charge is -2.26. The molecule has 1 fully saturated rings. The normalized spacial score (nSPS) is 15.8. The standard InChI is InChI=1S/C14H23N5O/c1-2-15-13-7-6-12(17-18-13)14(20)16-8-11-19-9-4-3-5-10-19/h6-7H,2-5,8-11H2,1H3,(H,15,18)(H,16,20). The monoisotopic (exact) mass is 277 g/mol. The van der Waals surface area contributed by atoms with Crippen LogP contribution in [0.1, 0.15) is 36.7 Å². The van der Waals surface area contributed by atoms with Gasteiger partial charge < -0.3 is 15.5 Å². The molecule has 1 aromatic heterocycles. The van der Waals surface area contributed by atoms with Gasteiger partial charge in [-0.15, -0.1) is 10.2 Å². The molecule has 0 spiro atoms. The Morgan fingerprint density at radius 3 is 2.70 bits per heavy atom. The average molecular weight is 277 g/mol. The number of anilines is 1. The lowest BCUT2D eigenvalue weighted by atomic mass is 10.1. The lowest BCUT2D eigenvalue weighted by Crippen LogP contribution is -2.37. The first kappa shape index (κ1) is 14.7. The van der Waals surface area contributed by atoms with E-state index in [-0.39, 0.29) is 5.91 Å². The van der Waals surface area contributed by atoms with Gasteiger partial charge in [0.1, 0.15) is 5.82 Å². The molecule has 2 N–H and O–H groups in total. The summed E-state index contributed by atoms with van der Waals surface area (Å²) in [6.07, 6.45) is 3.87. The highest BCUT2D eigenvalue weighted by molar-refractivity contribution is 5.92. The van der Waals surface area contributed by atoms with Crippen molar-refractivity contribution in [2.24, 2.45) is 0 Å². The molecule has 6 nitrogen and oxygen atoms in total. The van der Waals surface area contributed by atoms with Crippen LogP contribution in [0.3, 0.4) is 0 Å². The Hall–Kier alpha value is -1.69. The maximum Gasteiger partial charge on any atom is 0.271 e. The van der Waals surface area contributed by atoms with Crippen molar-refractivity contribution in [3.8, 4) is 0 Å². The summed E-state index contributed by atoms with van der Waals surface area (Å²) in [5, 5.41) is 13.8. The number of carbonyl (C=O) groups is 1. The molecule has 2 heterocycles. The van der Waals surface area contributed by atoms with Gasteiger partial charge in [0.2, 0.25) is 0 Å². The van der Waals surface area contributed by atoms with E-state index in [0.717, 1.165) is 26.2 Å². The minimum absolute atomic E-state index is 0.155. The van der Waals surface area contributed by atoms with Crippen molar-refractivity contribution >= 4 is 11.7 Å². The van der Waals surface area contributed by atoms with Gasteiger partial charge in [0.05, 0.1) is 0 Å². The van der Waals surface area contributed by atoms with Gasteiger partial charge in [-0.3, -0.25) is 4.79 Å². The molecular weight excluding hydrogens is 254 g/mol. The van der Waals surface area contributed by atoms with E-state index in [9.17, 15) is 4.79 Å². The molecule has 0 aromatic carbocycles. The van der Waals surface area contributed by atoms with E-state index in [1.807, 2.05) is 6.92 Å². The van der Waals surface area contributed by atoms with Gasteiger partial charge in [0, 0.05) is 19.6 Å². The SMILES string of the molecule is CCNc1ccc(C(=O)NCCN2CCCCC2)nn1. The zero-order valence-electron chi connectivity index (χ0n) is 12.1. The van der Waals surface area contributed by atoms with Crippen LogP contribution in [0.5, 0.6) is 0 Å². The van der Waals surface area contributed by atoms with Crippen molar-refractivity contribution in [1.82, 2.24) is 20.4 Å². The summed E-state index contributed by atoms with van der Waals surface area (Å²) in [6.45, 7) is 6.64. The summed E-state index contributed by atoms with van der Waals surface area (Å²) in [6, 6.07) is 3.47.